The SMILES string of the molecule is COc1ccc(-c2cc(N)n(C)n2)c(F)c1. The summed E-state index contributed by atoms with van der Waals surface area (Å²) in [5.74, 6) is 0.591. The first kappa shape index (κ1) is 10.5. The van der Waals surface area contributed by atoms with Gasteiger partial charge in [0, 0.05) is 24.7 Å². The third-order valence-electron chi connectivity index (χ3n) is 2.37. The Balaban J connectivity index is 2.48. The third-order valence-corrected chi connectivity index (χ3v) is 2.37. The summed E-state index contributed by atoms with van der Waals surface area (Å²) in [6.45, 7) is 0. The maximum Gasteiger partial charge on any atom is 0.136 e. The van der Waals surface area contributed by atoms with E-state index in [-0.39, 0.29) is 5.82 Å². The molecule has 0 saturated heterocycles. The summed E-state index contributed by atoms with van der Waals surface area (Å²) < 4.78 is 20.1. The predicted octanol–water partition coefficient (Wildman–Crippen LogP) is 1.82. The average molecular weight is 221 g/mol. The zero-order chi connectivity index (χ0) is 11.7. The highest BCUT2D eigenvalue weighted by atomic mass is 19.1. The zero-order valence-corrected chi connectivity index (χ0v) is 9.07. The molecular formula is C11H12FN3O. The number of ether oxygens (including phenoxy) is 1. The van der Waals surface area contributed by atoms with Gasteiger partial charge in [0.05, 0.1) is 12.8 Å². The van der Waals surface area contributed by atoms with Gasteiger partial charge in [0.25, 0.3) is 0 Å². The first-order chi connectivity index (χ1) is 7.61. The molecule has 0 saturated carbocycles. The monoisotopic (exact) mass is 221 g/mol. The van der Waals surface area contributed by atoms with Crippen LogP contribution < -0.4 is 10.5 Å². The van der Waals surface area contributed by atoms with Crippen molar-refractivity contribution in [1.29, 1.82) is 0 Å². The molecule has 1 aromatic carbocycles. The van der Waals surface area contributed by atoms with Crippen molar-refractivity contribution in [2.24, 2.45) is 7.05 Å². The fraction of sp³-hybridized carbons (Fsp3) is 0.182. The number of aromatic nitrogens is 2. The summed E-state index contributed by atoms with van der Waals surface area (Å²) in [6, 6.07) is 6.25. The maximum absolute atomic E-state index is 13.7. The maximum atomic E-state index is 13.7. The van der Waals surface area contributed by atoms with Crippen LogP contribution in [0.4, 0.5) is 10.2 Å². The van der Waals surface area contributed by atoms with Crippen molar-refractivity contribution in [3.05, 3.63) is 30.1 Å². The average Bonchev–Trinajstić information content (AvgIpc) is 2.58. The van der Waals surface area contributed by atoms with Crippen molar-refractivity contribution in [2.75, 3.05) is 12.8 Å². The third kappa shape index (κ3) is 1.71. The summed E-state index contributed by atoms with van der Waals surface area (Å²) in [7, 11) is 3.20. The van der Waals surface area contributed by atoms with Gasteiger partial charge < -0.3 is 10.5 Å². The molecule has 0 spiro atoms. The second kappa shape index (κ2) is 3.84. The Bertz CT molecular complexity index is 502. The summed E-state index contributed by atoms with van der Waals surface area (Å²) >= 11 is 0. The van der Waals surface area contributed by atoms with Gasteiger partial charge in [0.15, 0.2) is 0 Å². The van der Waals surface area contributed by atoms with Crippen molar-refractivity contribution in [3.63, 3.8) is 0 Å². The van der Waals surface area contributed by atoms with Crippen LogP contribution in [-0.2, 0) is 7.05 Å². The van der Waals surface area contributed by atoms with Gasteiger partial charge >= 0.3 is 0 Å². The quantitative estimate of drug-likeness (QED) is 0.841. The molecule has 0 aliphatic carbocycles. The van der Waals surface area contributed by atoms with Crippen LogP contribution in [0.3, 0.4) is 0 Å². The van der Waals surface area contributed by atoms with Crippen molar-refractivity contribution in [1.82, 2.24) is 9.78 Å². The van der Waals surface area contributed by atoms with Crippen molar-refractivity contribution in [3.8, 4) is 17.0 Å². The Morgan fingerprint density at radius 2 is 2.12 bits per heavy atom. The van der Waals surface area contributed by atoms with Crippen LogP contribution in [0.15, 0.2) is 24.3 Å². The standard InChI is InChI=1S/C11H12FN3O/c1-15-11(13)6-10(14-15)8-4-3-7(16-2)5-9(8)12/h3-6H,13H2,1-2H3. The number of aryl methyl sites for hydroxylation is 1. The van der Waals surface area contributed by atoms with Crippen LogP contribution in [0.1, 0.15) is 0 Å². The molecule has 5 heteroatoms. The Morgan fingerprint density at radius 1 is 1.38 bits per heavy atom. The molecule has 4 nitrogen and oxygen atoms in total. The van der Waals surface area contributed by atoms with Gasteiger partial charge in [-0.05, 0) is 12.1 Å². The van der Waals surface area contributed by atoms with Gasteiger partial charge in [-0.25, -0.2) is 4.39 Å². The van der Waals surface area contributed by atoms with E-state index in [0.717, 1.165) is 0 Å². The number of anilines is 1. The smallest absolute Gasteiger partial charge is 0.136 e. The van der Waals surface area contributed by atoms with E-state index in [0.29, 0.717) is 22.8 Å². The lowest BCUT2D eigenvalue weighted by molar-refractivity contribution is 0.411. The van der Waals surface area contributed by atoms with Crippen molar-refractivity contribution < 1.29 is 9.13 Å². The number of benzene rings is 1. The molecule has 1 aromatic heterocycles. The van der Waals surface area contributed by atoms with E-state index in [9.17, 15) is 4.39 Å². The first-order valence-electron chi connectivity index (χ1n) is 4.75. The predicted molar refractivity (Wildman–Crippen MR) is 59.6 cm³/mol. The molecule has 2 aromatic rings. The van der Waals surface area contributed by atoms with Crippen molar-refractivity contribution in [2.45, 2.75) is 0 Å². The number of nitrogens with two attached hydrogens (primary N) is 1. The topological polar surface area (TPSA) is 53.1 Å². The molecule has 0 aliphatic heterocycles. The second-order valence-electron chi connectivity index (χ2n) is 3.42. The highest BCUT2D eigenvalue weighted by Gasteiger charge is 2.10. The van der Waals surface area contributed by atoms with Gasteiger partial charge in [-0.1, -0.05) is 0 Å². The highest BCUT2D eigenvalue weighted by Crippen LogP contribution is 2.26. The van der Waals surface area contributed by atoms with Gasteiger partial charge in [-0.3, -0.25) is 4.68 Å². The van der Waals surface area contributed by atoms with E-state index in [2.05, 4.69) is 5.10 Å². The molecule has 2 N–H and O–H groups in total. The summed E-state index contributed by atoms with van der Waals surface area (Å²) in [6.07, 6.45) is 0. The number of halogens is 1. The van der Waals surface area contributed by atoms with E-state index >= 15 is 0 Å². The van der Waals surface area contributed by atoms with Crippen LogP contribution >= 0.6 is 0 Å². The van der Waals surface area contributed by atoms with E-state index in [1.165, 1.54) is 17.9 Å². The lowest BCUT2D eigenvalue weighted by atomic mass is 10.1. The van der Waals surface area contributed by atoms with Crippen LogP contribution in [0.5, 0.6) is 5.75 Å². The molecule has 0 atom stereocenters. The number of hydrogen-bond acceptors (Lipinski definition) is 3. The van der Waals surface area contributed by atoms with E-state index < -0.39 is 0 Å². The minimum atomic E-state index is -0.377. The summed E-state index contributed by atoms with van der Waals surface area (Å²) in [5, 5.41) is 4.11. The number of nitrogen functional groups attached to an aromatic ring is 1. The lowest BCUT2D eigenvalue weighted by Crippen LogP contribution is -1.96. The molecule has 1 heterocycles. The molecule has 84 valence electrons. The second-order valence-corrected chi connectivity index (χ2v) is 3.42. The molecule has 0 bridgehead atoms. The largest absolute Gasteiger partial charge is 0.497 e. The van der Waals surface area contributed by atoms with E-state index in [1.54, 1.807) is 25.2 Å². The molecule has 0 radical (unpaired) electrons. The van der Waals surface area contributed by atoms with Gasteiger partial charge in [-0.15, -0.1) is 0 Å². The van der Waals surface area contributed by atoms with Gasteiger partial charge in [0.2, 0.25) is 0 Å². The first-order valence-corrected chi connectivity index (χ1v) is 4.75. The molecule has 0 fully saturated rings. The summed E-state index contributed by atoms with van der Waals surface area (Å²) in [4.78, 5) is 0. The fourth-order valence-electron chi connectivity index (χ4n) is 1.44. The minimum absolute atomic E-state index is 0.377. The number of methoxy groups -OCH3 is 1. The fourth-order valence-corrected chi connectivity index (χ4v) is 1.44. The molecule has 16 heavy (non-hydrogen) atoms. The Morgan fingerprint density at radius 3 is 2.62 bits per heavy atom. The number of hydrogen-bond donors (Lipinski definition) is 1. The van der Waals surface area contributed by atoms with Crippen LogP contribution in [-0.4, -0.2) is 16.9 Å². The molecule has 2 rings (SSSR count). The van der Waals surface area contributed by atoms with Crippen LogP contribution in [0.25, 0.3) is 11.3 Å². The highest BCUT2D eigenvalue weighted by molar-refractivity contribution is 5.63. The van der Waals surface area contributed by atoms with Crippen LogP contribution in [0, 0.1) is 5.82 Å². The molecule has 0 aliphatic rings. The minimum Gasteiger partial charge on any atom is -0.497 e. The zero-order valence-electron chi connectivity index (χ0n) is 9.07. The normalized spacial score (nSPS) is 10.4. The Kier molecular flexibility index (Phi) is 2.52. The number of nitrogens with zero attached hydrogens (tertiary/aromatic N) is 2. The molecule has 0 amide bonds. The summed E-state index contributed by atoms with van der Waals surface area (Å²) in [5.41, 5.74) is 6.56. The number of rotatable bonds is 2. The van der Waals surface area contributed by atoms with Gasteiger partial charge in [0.1, 0.15) is 17.4 Å². The Hall–Kier alpha value is -2.04. The lowest BCUT2D eigenvalue weighted by Gasteiger charge is -2.02. The van der Waals surface area contributed by atoms with Gasteiger partial charge in [-0.2, -0.15) is 5.10 Å². The van der Waals surface area contributed by atoms with E-state index in [4.69, 9.17) is 10.5 Å². The van der Waals surface area contributed by atoms with Crippen LogP contribution in [0.2, 0.25) is 0 Å². The van der Waals surface area contributed by atoms with E-state index in [1.807, 2.05) is 0 Å². The molecular weight excluding hydrogens is 209 g/mol. The Labute approximate surface area is 92.4 Å². The molecule has 0 unspecified atom stereocenters. The van der Waals surface area contributed by atoms with Crippen molar-refractivity contribution >= 4 is 5.82 Å².